The highest BCUT2D eigenvalue weighted by atomic mass is 16.5. The summed E-state index contributed by atoms with van der Waals surface area (Å²) < 4.78 is 5.70. The van der Waals surface area contributed by atoms with Crippen molar-refractivity contribution >= 4 is 11.8 Å². The Labute approximate surface area is 127 Å². The molecular formula is C15H29N3O3. The molecule has 1 aliphatic rings. The fourth-order valence-electron chi connectivity index (χ4n) is 2.23. The van der Waals surface area contributed by atoms with Gasteiger partial charge in [-0.3, -0.25) is 9.59 Å². The molecule has 0 spiro atoms. The Morgan fingerprint density at radius 1 is 1.29 bits per heavy atom. The van der Waals surface area contributed by atoms with E-state index < -0.39 is 0 Å². The van der Waals surface area contributed by atoms with Crippen molar-refractivity contribution in [3.8, 4) is 0 Å². The normalized spacial score (nSPS) is 16.6. The molecular weight excluding hydrogens is 270 g/mol. The number of ether oxygens (including phenoxy) is 1. The first-order valence-corrected chi connectivity index (χ1v) is 7.65. The number of carbonyl (C=O) groups is 2. The molecule has 1 heterocycles. The van der Waals surface area contributed by atoms with Gasteiger partial charge in [0, 0.05) is 12.6 Å². The zero-order valence-corrected chi connectivity index (χ0v) is 13.7. The lowest BCUT2D eigenvalue weighted by molar-refractivity contribution is -0.136. The molecule has 1 fully saturated rings. The number of rotatable bonds is 6. The third-order valence-electron chi connectivity index (χ3n) is 3.28. The zero-order valence-electron chi connectivity index (χ0n) is 13.7. The Morgan fingerprint density at radius 2 is 1.90 bits per heavy atom. The molecule has 122 valence electrons. The smallest absolute Gasteiger partial charge is 0.240 e. The molecule has 1 aliphatic heterocycles. The minimum Gasteiger partial charge on any atom is -0.378 e. The number of hydrogen-bond acceptors (Lipinski definition) is 4. The van der Waals surface area contributed by atoms with Crippen LogP contribution in [0.2, 0.25) is 0 Å². The average Bonchev–Trinajstić information content (AvgIpc) is 2.37. The fourth-order valence-corrected chi connectivity index (χ4v) is 2.23. The largest absolute Gasteiger partial charge is 0.378 e. The highest BCUT2D eigenvalue weighted by molar-refractivity contribution is 5.84. The van der Waals surface area contributed by atoms with Gasteiger partial charge in [0.05, 0.1) is 25.7 Å². The van der Waals surface area contributed by atoms with E-state index in [1.54, 1.807) is 7.05 Å². The monoisotopic (exact) mass is 299 g/mol. The summed E-state index contributed by atoms with van der Waals surface area (Å²) in [5.41, 5.74) is -0.279. The number of nitrogens with zero attached hydrogens (tertiary/aromatic N) is 1. The first-order chi connectivity index (χ1) is 9.78. The van der Waals surface area contributed by atoms with Gasteiger partial charge in [-0.2, -0.15) is 0 Å². The molecule has 0 aromatic heterocycles. The molecule has 21 heavy (non-hydrogen) atoms. The van der Waals surface area contributed by atoms with E-state index in [1.165, 1.54) is 4.90 Å². The number of likely N-dealkylation sites (N-methyl/N-ethyl adjacent to an activating group) is 1. The van der Waals surface area contributed by atoms with Gasteiger partial charge in [0.1, 0.15) is 0 Å². The summed E-state index contributed by atoms with van der Waals surface area (Å²) in [5.74, 6) is -0.203. The molecule has 0 bridgehead atoms. The second-order valence-electron chi connectivity index (χ2n) is 6.62. The Kier molecular flexibility index (Phi) is 7.11. The lowest BCUT2D eigenvalue weighted by Gasteiger charge is -2.24. The minimum atomic E-state index is -0.279. The van der Waals surface area contributed by atoms with Gasteiger partial charge >= 0.3 is 0 Å². The molecule has 6 heteroatoms. The van der Waals surface area contributed by atoms with E-state index in [9.17, 15) is 9.59 Å². The van der Waals surface area contributed by atoms with E-state index in [-0.39, 0.29) is 30.0 Å². The third kappa shape index (κ3) is 8.02. The molecule has 0 aromatic rings. The molecule has 1 rings (SSSR count). The second-order valence-corrected chi connectivity index (χ2v) is 6.62. The van der Waals surface area contributed by atoms with E-state index in [4.69, 9.17) is 4.74 Å². The molecule has 0 aliphatic carbocycles. The van der Waals surface area contributed by atoms with Crippen LogP contribution in [-0.2, 0) is 14.3 Å². The van der Waals surface area contributed by atoms with Crippen molar-refractivity contribution in [3.63, 3.8) is 0 Å². The van der Waals surface area contributed by atoms with Crippen LogP contribution in [0.15, 0.2) is 0 Å². The minimum absolute atomic E-state index is 0.0620. The second kappa shape index (κ2) is 8.34. The van der Waals surface area contributed by atoms with Crippen molar-refractivity contribution in [2.45, 2.75) is 51.7 Å². The Balaban J connectivity index is 2.19. The molecule has 0 aromatic carbocycles. The Hall–Kier alpha value is -1.14. The zero-order chi connectivity index (χ0) is 15.9. The Morgan fingerprint density at radius 3 is 2.48 bits per heavy atom. The SMILES string of the molecule is CN(CC(=O)NC(C)(C)C)C(=O)CCOC1CCNCC1. The Bertz CT molecular complexity index is 347. The van der Waals surface area contributed by atoms with Crippen molar-refractivity contribution < 1.29 is 14.3 Å². The van der Waals surface area contributed by atoms with Crippen LogP contribution < -0.4 is 10.6 Å². The first kappa shape index (κ1) is 17.9. The molecule has 0 saturated carbocycles. The van der Waals surface area contributed by atoms with Crippen LogP contribution in [0.3, 0.4) is 0 Å². The van der Waals surface area contributed by atoms with E-state index >= 15 is 0 Å². The fraction of sp³-hybridized carbons (Fsp3) is 0.867. The summed E-state index contributed by atoms with van der Waals surface area (Å²) in [4.78, 5) is 25.1. The summed E-state index contributed by atoms with van der Waals surface area (Å²) in [6.45, 7) is 8.22. The van der Waals surface area contributed by atoms with Crippen LogP contribution in [0.4, 0.5) is 0 Å². The number of amides is 2. The number of nitrogens with one attached hydrogen (secondary N) is 2. The molecule has 0 radical (unpaired) electrons. The predicted octanol–water partition coefficient (Wildman–Crippen LogP) is 0.518. The van der Waals surface area contributed by atoms with Crippen molar-refractivity contribution in [2.24, 2.45) is 0 Å². The number of carbonyl (C=O) groups excluding carboxylic acids is 2. The van der Waals surface area contributed by atoms with Crippen molar-refractivity contribution in [2.75, 3.05) is 33.3 Å². The average molecular weight is 299 g/mol. The van der Waals surface area contributed by atoms with E-state index in [0.29, 0.717) is 13.0 Å². The summed E-state index contributed by atoms with van der Waals surface area (Å²) in [6.07, 6.45) is 2.58. The highest BCUT2D eigenvalue weighted by Gasteiger charge is 2.18. The lowest BCUT2D eigenvalue weighted by atomic mass is 10.1. The van der Waals surface area contributed by atoms with Crippen LogP contribution in [0.5, 0.6) is 0 Å². The van der Waals surface area contributed by atoms with Gasteiger partial charge in [-0.05, 0) is 46.7 Å². The molecule has 2 N–H and O–H groups in total. The van der Waals surface area contributed by atoms with Crippen molar-refractivity contribution in [1.82, 2.24) is 15.5 Å². The number of hydrogen-bond donors (Lipinski definition) is 2. The standard InChI is InChI=1S/C15H29N3O3/c1-15(2,3)17-13(19)11-18(4)14(20)7-10-21-12-5-8-16-9-6-12/h12,16H,5-11H2,1-4H3,(H,17,19). The van der Waals surface area contributed by atoms with Crippen LogP contribution in [0.1, 0.15) is 40.0 Å². The van der Waals surface area contributed by atoms with Gasteiger partial charge in [-0.15, -0.1) is 0 Å². The van der Waals surface area contributed by atoms with Crippen molar-refractivity contribution in [3.05, 3.63) is 0 Å². The van der Waals surface area contributed by atoms with Crippen LogP contribution >= 0.6 is 0 Å². The summed E-state index contributed by atoms with van der Waals surface area (Å²) in [6, 6.07) is 0. The van der Waals surface area contributed by atoms with Crippen molar-refractivity contribution in [1.29, 1.82) is 0 Å². The summed E-state index contributed by atoms with van der Waals surface area (Å²) >= 11 is 0. The molecule has 0 unspecified atom stereocenters. The van der Waals surface area contributed by atoms with Gasteiger partial charge in [-0.1, -0.05) is 0 Å². The van der Waals surface area contributed by atoms with E-state index in [1.807, 2.05) is 20.8 Å². The quantitative estimate of drug-likeness (QED) is 0.750. The van der Waals surface area contributed by atoms with Crippen LogP contribution in [0.25, 0.3) is 0 Å². The molecule has 6 nitrogen and oxygen atoms in total. The highest BCUT2D eigenvalue weighted by Crippen LogP contribution is 2.07. The van der Waals surface area contributed by atoms with Crippen LogP contribution in [-0.4, -0.2) is 61.6 Å². The maximum Gasteiger partial charge on any atom is 0.240 e. The molecule has 1 saturated heterocycles. The third-order valence-corrected chi connectivity index (χ3v) is 3.28. The maximum atomic E-state index is 11.9. The number of piperidine rings is 1. The topological polar surface area (TPSA) is 70.7 Å². The molecule has 2 amide bonds. The molecule has 0 atom stereocenters. The summed E-state index contributed by atoms with van der Waals surface area (Å²) in [7, 11) is 1.65. The van der Waals surface area contributed by atoms with Gasteiger partial charge in [0.25, 0.3) is 0 Å². The van der Waals surface area contributed by atoms with E-state index in [2.05, 4.69) is 10.6 Å². The van der Waals surface area contributed by atoms with Gasteiger partial charge < -0.3 is 20.3 Å². The lowest BCUT2D eigenvalue weighted by Crippen LogP contribution is -2.46. The summed E-state index contributed by atoms with van der Waals surface area (Å²) in [5, 5.41) is 6.11. The maximum absolute atomic E-state index is 11.9. The van der Waals surface area contributed by atoms with Gasteiger partial charge in [0.15, 0.2) is 0 Å². The van der Waals surface area contributed by atoms with Gasteiger partial charge in [-0.25, -0.2) is 0 Å². The first-order valence-electron chi connectivity index (χ1n) is 7.65. The predicted molar refractivity (Wildman–Crippen MR) is 82.0 cm³/mol. The van der Waals surface area contributed by atoms with Crippen LogP contribution in [0, 0.1) is 0 Å². The van der Waals surface area contributed by atoms with E-state index in [0.717, 1.165) is 25.9 Å². The van der Waals surface area contributed by atoms with Gasteiger partial charge in [0.2, 0.25) is 11.8 Å².